The zero-order valence-corrected chi connectivity index (χ0v) is 13.2. The number of alkyl halides is 1. The largest absolute Gasteiger partial charge is 0.459 e. The standard InChI is InChI=1S/C19H16FO5/c20-15-11-23-16(12-24-18(21)13-7-3-1-4-8-13)17(15)25-19(22)14-9-5-2-6-10-14/h1-11,15-17H,12H2/t15-,16+,17-/m0/s1. The maximum absolute atomic E-state index is 14.0. The molecule has 2 aromatic carbocycles. The molecule has 25 heavy (non-hydrogen) atoms. The van der Waals surface area contributed by atoms with Crippen molar-refractivity contribution in [3.63, 3.8) is 0 Å². The normalized spacial score (nSPS) is 22.4. The fourth-order valence-electron chi connectivity index (χ4n) is 2.39. The average Bonchev–Trinajstić information content (AvgIpc) is 3.01. The van der Waals surface area contributed by atoms with Gasteiger partial charge in [-0.2, -0.15) is 0 Å². The molecule has 0 unspecified atom stereocenters. The number of carbonyl (C=O) groups excluding carboxylic acids is 2. The number of ether oxygens (including phenoxy) is 3. The van der Waals surface area contributed by atoms with Gasteiger partial charge >= 0.3 is 11.9 Å². The third-order valence-electron chi connectivity index (χ3n) is 3.70. The van der Waals surface area contributed by atoms with Gasteiger partial charge in [-0.25, -0.2) is 14.0 Å². The van der Waals surface area contributed by atoms with Gasteiger partial charge in [0.25, 0.3) is 0 Å². The zero-order chi connectivity index (χ0) is 17.6. The lowest BCUT2D eigenvalue weighted by atomic mass is 10.1. The van der Waals surface area contributed by atoms with Gasteiger partial charge in [0.1, 0.15) is 19.3 Å². The lowest BCUT2D eigenvalue weighted by Gasteiger charge is -2.20. The van der Waals surface area contributed by atoms with Crippen LogP contribution in [0.15, 0.2) is 60.7 Å². The summed E-state index contributed by atoms with van der Waals surface area (Å²) in [5.74, 6) is -1.22. The van der Waals surface area contributed by atoms with Crippen LogP contribution in [0.4, 0.5) is 4.39 Å². The summed E-state index contributed by atoms with van der Waals surface area (Å²) in [5, 5.41) is 0. The van der Waals surface area contributed by atoms with E-state index in [1.165, 1.54) is 0 Å². The van der Waals surface area contributed by atoms with Gasteiger partial charge < -0.3 is 14.2 Å². The molecule has 2 aromatic rings. The summed E-state index contributed by atoms with van der Waals surface area (Å²) in [5.41, 5.74) is 0.681. The molecule has 1 heterocycles. The first-order chi connectivity index (χ1) is 12.1. The summed E-state index contributed by atoms with van der Waals surface area (Å²) < 4.78 is 29.4. The van der Waals surface area contributed by atoms with Gasteiger partial charge in [-0.3, -0.25) is 0 Å². The predicted molar refractivity (Wildman–Crippen MR) is 86.4 cm³/mol. The highest BCUT2D eigenvalue weighted by Crippen LogP contribution is 2.25. The Bertz CT molecular complexity index is 719. The third-order valence-corrected chi connectivity index (χ3v) is 3.70. The Morgan fingerprint density at radius 3 is 2.08 bits per heavy atom. The van der Waals surface area contributed by atoms with Crippen molar-refractivity contribution in [2.75, 3.05) is 6.61 Å². The van der Waals surface area contributed by atoms with Crippen molar-refractivity contribution in [3.8, 4) is 0 Å². The highest BCUT2D eigenvalue weighted by Gasteiger charge is 2.42. The number of esters is 2. The van der Waals surface area contributed by atoms with E-state index in [1.807, 2.05) is 0 Å². The van der Waals surface area contributed by atoms with Crippen LogP contribution in [0.25, 0.3) is 0 Å². The van der Waals surface area contributed by atoms with Gasteiger partial charge in [0.05, 0.1) is 11.1 Å². The summed E-state index contributed by atoms with van der Waals surface area (Å²) in [7, 11) is 0. The SMILES string of the molecule is O=C(OC[C@H]1O[CH][C@H](F)[C@@H]1OC(=O)c1ccccc1)c1ccccc1. The van der Waals surface area contributed by atoms with E-state index in [1.54, 1.807) is 60.7 Å². The molecule has 0 saturated carbocycles. The van der Waals surface area contributed by atoms with Crippen LogP contribution in [0.3, 0.4) is 0 Å². The van der Waals surface area contributed by atoms with Crippen LogP contribution in [0.5, 0.6) is 0 Å². The maximum Gasteiger partial charge on any atom is 0.338 e. The Kier molecular flexibility index (Phi) is 5.40. The van der Waals surface area contributed by atoms with Gasteiger partial charge in [0.2, 0.25) is 0 Å². The molecule has 6 heteroatoms. The molecule has 0 N–H and O–H groups in total. The number of hydrogen-bond acceptors (Lipinski definition) is 5. The van der Waals surface area contributed by atoms with Crippen molar-refractivity contribution < 1.29 is 28.2 Å². The molecule has 0 spiro atoms. The number of carbonyl (C=O) groups is 2. The van der Waals surface area contributed by atoms with Crippen LogP contribution >= 0.6 is 0 Å². The Morgan fingerprint density at radius 1 is 0.920 bits per heavy atom. The van der Waals surface area contributed by atoms with Gasteiger partial charge in [0.15, 0.2) is 12.3 Å². The molecule has 5 nitrogen and oxygen atoms in total. The van der Waals surface area contributed by atoms with Crippen LogP contribution in [-0.2, 0) is 14.2 Å². The smallest absolute Gasteiger partial charge is 0.338 e. The van der Waals surface area contributed by atoms with Gasteiger partial charge in [-0.1, -0.05) is 36.4 Å². The molecule has 1 fully saturated rings. The van der Waals surface area contributed by atoms with Gasteiger partial charge in [-0.05, 0) is 24.3 Å². The highest BCUT2D eigenvalue weighted by molar-refractivity contribution is 5.90. The van der Waals surface area contributed by atoms with Crippen LogP contribution in [0.2, 0.25) is 0 Å². The molecular weight excluding hydrogens is 327 g/mol. The van der Waals surface area contributed by atoms with Gasteiger partial charge in [0, 0.05) is 0 Å². The fraction of sp³-hybridized carbons (Fsp3) is 0.211. The van der Waals surface area contributed by atoms with E-state index >= 15 is 0 Å². The van der Waals surface area contributed by atoms with E-state index in [4.69, 9.17) is 14.2 Å². The van der Waals surface area contributed by atoms with Crippen LogP contribution in [-0.4, -0.2) is 36.9 Å². The Hall–Kier alpha value is -2.73. The second-order valence-electron chi connectivity index (χ2n) is 5.46. The van der Waals surface area contributed by atoms with Crippen molar-refractivity contribution in [1.29, 1.82) is 0 Å². The quantitative estimate of drug-likeness (QED) is 0.781. The number of rotatable bonds is 5. The van der Waals surface area contributed by atoms with Crippen molar-refractivity contribution in [2.45, 2.75) is 18.4 Å². The second-order valence-corrected chi connectivity index (χ2v) is 5.46. The molecule has 0 aliphatic carbocycles. The van der Waals surface area contributed by atoms with Crippen LogP contribution in [0.1, 0.15) is 20.7 Å². The molecule has 0 bridgehead atoms. The first-order valence-electron chi connectivity index (χ1n) is 7.76. The summed E-state index contributed by atoms with van der Waals surface area (Å²) in [6, 6.07) is 16.7. The molecule has 3 rings (SSSR count). The van der Waals surface area contributed by atoms with Crippen LogP contribution < -0.4 is 0 Å². The van der Waals surface area contributed by atoms with Crippen molar-refractivity contribution in [3.05, 3.63) is 78.4 Å². The van der Waals surface area contributed by atoms with Crippen molar-refractivity contribution >= 4 is 11.9 Å². The lowest BCUT2D eigenvalue weighted by Crippen LogP contribution is -2.36. The minimum atomic E-state index is -1.59. The van der Waals surface area contributed by atoms with Crippen molar-refractivity contribution in [2.24, 2.45) is 0 Å². The highest BCUT2D eigenvalue weighted by atomic mass is 19.1. The van der Waals surface area contributed by atoms with E-state index in [2.05, 4.69) is 0 Å². The predicted octanol–water partition coefficient (Wildman–Crippen LogP) is 2.97. The van der Waals surface area contributed by atoms with Crippen LogP contribution in [0, 0.1) is 6.61 Å². The van der Waals surface area contributed by atoms with E-state index in [-0.39, 0.29) is 6.61 Å². The molecule has 0 amide bonds. The summed E-state index contributed by atoms with van der Waals surface area (Å²) >= 11 is 0. The zero-order valence-electron chi connectivity index (χ0n) is 13.2. The maximum atomic E-state index is 14.0. The van der Waals surface area contributed by atoms with Crippen molar-refractivity contribution in [1.82, 2.24) is 0 Å². The Balaban J connectivity index is 1.59. The molecule has 0 aromatic heterocycles. The second kappa shape index (κ2) is 7.90. The molecule has 1 saturated heterocycles. The minimum absolute atomic E-state index is 0.225. The fourth-order valence-corrected chi connectivity index (χ4v) is 2.39. The number of halogens is 1. The topological polar surface area (TPSA) is 61.8 Å². The molecule has 1 aliphatic heterocycles. The molecule has 3 atom stereocenters. The molecule has 1 aliphatic rings. The Morgan fingerprint density at radius 2 is 1.48 bits per heavy atom. The summed E-state index contributed by atoms with van der Waals surface area (Å²) in [6.45, 7) is 0.724. The molecule has 1 radical (unpaired) electrons. The minimum Gasteiger partial charge on any atom is -0.459 e. The van der Waals surface area contributed by atoms with Gasteiger partial charge in [-0.15, -0.1) is 0 Å². The first kappa shape index (κ1) is 17.1. The number of benzene rings is 2. The average molecular weight is 343 g/mol. The summed E-state index contributed by atoms with van der Waals surface area (Å²) in [4.78, 5) is 24.0. The van der Waals surface area contributed by atoms with E-state index in [9.17, 15) is 14.0 Å². The monoisotopic (exact) mass is 343 g/mol. The van der Waals surface area contributed by atoms with E-state index in [0.717, 1.165) is 6.61 Å². The Labute approximate surface area is 144 Å². The lowest BCUT2D eigenvalue weighted by molar-refractivity contribution is -0.0295. The molecule has 129 valence electrons. The van der Waals surface area contributed by atoms with E-state index < -0.39 is 30.3 Å². The first-order valence-corrected chi connectivity index (χ1v) is 7.76. The summed E-state index contributed by atoms with van der Waals surface area (Å²) in [6.07, 6.45) is -3.65. The number of hydrogen-bond donors (Lipinski definition) is 0. The molecular formula is C19H16FO5. The third kappa shape index (κ3) is 4.22. The van der Waals surface area contributed by atoms with E-state index in [0.29, 0.717) is 11.1 Å².